The van der Waals surface area contributed by atoms with Crippen molar-refractivity contribution in [1.29, 1.82) is 0 Å². The van der Waals surface area contributed by atoms with Crippen molar-refractivity contribution in [2.24, 2.45) is 0 Å². The number of aromatic amines is 1. The maximum atomic E-state index is 13.6. The van der Waals surface area contributed by atoms with Crippen LogP contribution in [0.25, 0.3) is 0 Å². The predicted octanol–water partition coefficient (Wildman–Crippen LogP) is 1.21. The highest BCUT2D eigenvalue weighted by molar-refractivity contribution is 7.89. The summed E-state index contributed by atoms with van der Waals surface area (Å²) in [5.41, 5.74) is 0. The lowest BCUT2D eigenvalue weighted by atomic mass is 10.3. The average Bonchev–Trinajstić information content (AvgIpc) is 2.74. The third-order valence-electron chi connectivity index (χ3n) is 2.59. The van der Waals surface area contributed by atoms with Gasteiger partial charge in [0.05, 0.1) is 6.54 Å². The van der Waals surface area contributed by atoms with Crippen molar-refractivity contribution in [3.63, 3.8) is 0 Å². The lowest BCUT2D eigenvalue weighted by Crippen LogP contribution is -2.28. The van der Waals surface area contributed by atoms with E-state index in [0.29, 0.717) is 5.82 Å². The van der Waals surface area contributed by atoms with E-state index in [0.717, 1.165) is 22.5 Å². The maximum Gasteiger partial charge on any atom is 0.249 e. The molecule has 0 unspecified atom stereocenters. The molecule has 0 spiro atoms. The summed E-state index contributed by atoms with van der Waals surface area (Å²) in [6, 6.07) is 2.88. The monoisotopic (exact) mass is 302 g/mol. The predicted molar refractivity (Wildman–Crippen MR) is 66.1 cm³/mol. The Labute approximate surface area is 114 Å². The van der Waals surface area contributed by atoms with Gasteiger partial charge in [0.2, 0.25) is 10.0 Å². The minimum Gasteiger partial charge on any atom is -0.263 e. The van der Waals surface area contributed by atoms with E-state index in [4.69, 9.17) is 0 Å². The third-order valence-corrected chi connectivity index (χ3v) is 4.45. The summed E-state index contributed by atoms with van der Waals surface area (Å²) in [6.45, 7) is 1.46. The fraction of sp³-hybridized carbons (Fsp3) is 0.273. The Morgan fingerprint density at radius 2 is 1.90 bits per heavy atom. The molecule has 6 nitrogen and oxygen atoms in total. The zero-order chi connectivity index (χ0) is 14.9. The zero-order valence-electron chi connectivity index (χ0n) is 10.8. The van der Waals surface area contributed by atoms with Gasteiger partial charge in [0.1, 0.15) is 17.5 Å². The highest BCUT2D eigenvalue weighted by atomic mass is 32.2. The Bertz CT molecular complexity index is 710. The van der Waals surface area contributed by atoms with Crippen molar-refractivity contribution < 1.29 is 17.2 Å². The number of halogens is 2. The molecule has 0 saturated carbocycles. The summed E-state index contributed by atoms with van der Waals surface area (Å²) in [5.74, 6) is -1.54. The SMILES string of the molecule is Cc1nc(CN(C)S(=O)(=O)c2c(F)cccc2F)n[nH]1. The fourth-order valence-corrected chi connectivity index (χ4v) is 2.85. The number of nitrogens with one attached hydrogen (secondary N) is 1. The van der Waals surface area contributed by atoms with Crippen molar-refractivity contribution in [3.05, 3.63) is 41.5 Å². The van der Waals surface area contributed by atoms with E-state index in [1.165, 1.54) is 7.05 Å². The van der Waals surface area contributed by atoms with E-state index in [2.05, 4.69) is 15.2 Å². The quantitative estimate of drug-likeness (QED) is 0.921. The molecule has 0 aliphatic heterocycles. The zero-order valence-corrected chi connectivity index (χ0v) is 11.6. The van der Waals surface area contributed by atoms with Crippen LogP contribution in [0, 0.1) is 18.6 Å². The van der Waals surface area contributed by atoms with Gasteiger partial charge in [-0.1, -0.05) is 6.07 Å². The standard InChI is InChI=1S/C11H12F2N4O2S/c1-7-14-10(16-15-7)6-17(2)20(18,19)11-8(12)4-3-5-9(11)13/h3-5H,6H2,1-2H3,(H,14,15,16). The van der Waals surface area contributed by atoms with Crippen LogP contribution in [-0.4, -0.2) is 35.0 Å². The Balaban J connectivity index is 2.35. The second-order valence-electron chi connectivity index (χ2n) is 4.15. The van der Waals surface area contributed by atoms with Crippen LogP contribution in [0.1, 0.15) is 11.6 Å². The Hall–Kier alpha value is -1.87. The second-order valence-corrected chi connectivity index (χ2v) is 6.13. The first-order valence-electron chi connectivity index (χ1n) is 5.60. The minimum atomic E-state index is -4.30. The van der Waals surface area contributed by atoms with Crippen LogP contribution in [0.2, 0.25) is 0 Å². The lowest BCUT2D eigenvalue weighted by molar-refractivity contribution is 0.440. The summed E-state index contributed by atoms with van der Waals surface area (Å²) >= 11 is 0. The van der Waals surface area contributed by atoms with Gasteiger partial charge in [0, 0.05) is 7.05 Å². The molecule has 0 aliphatic carbocycles. The number of hydrogen-bond acceptors (Lipinski definition) is 4. The highest BCUT2D eigenvalue weighted by Gasteiger charge is 2.28. The van der Waals surface area contributed by atoms with E-state index in [-0.39, 0.29) is 12.4 Å². The van der Waals surface area contributed by atoms with Gasteiger partial charge in [0.15, 0.2) is 10.7 Å². The summed E-state index contributed by atoms with van der Waals surface area (Å²) in [7, 11) is -3.10. The molecule has 1 N–H and O–H groups in total. The molecule has 0 saturated heterocycles. The van der Waals surface area contributed by atoms with Crippen molar-refractivity contribution in [2.75, 3.05) is 7.05 Å². The minimum absolute atomic E-state index is 0.194. The topological polar surface area (TPSA) is 79.0 Å². The number of sulfonamides is 1. The summed E-state index contributed by atoms with van der Waals surface area (Å²) < 4.78 is 52.3. The molecule has 0 amide bonds. The number of H-pyrrole nitrogens is 1. The molecule has 9 heteroatoms. The van der Waals surface area contributed by atoms with Gasteiger partial charge in [-0.2, -0.15) is 9.40 Å². The van der Waals surface area contributed by atoms with E-state index in [1.54, 1.807) is 6.92 Å². The first-order chi connectivity index (χ1) is 9.32. The number of benzene rings is 1. The van der Waals surface area contributed by atoms with Crippen molar-refractivity contribution >= 4 is 10.0 Å². The number of rotatable bonds is 4. The molecular formula is C11H12F2N4O2S. The van der Waals surface area contributed by atoms with Crippen LogP contribution in [-0.2, 0) is 16.6 Å². The number of nitrogens with zero attached hydrogens (tertiary/aromatic N) is 3. The molecule has 2 aromatic rings. The van der Waals surface area contributed by atoms with Gasteiger partial charge >= 0.3 is 0 Å². The molecule has 0 bridgehead atoms. The number of aromatic nitrogens is 3. The Morgan fingerprint density at radius 1 is 1.30 bits per heavy atom. The van der Waals surface area contributed by atoms with Crippen molar-refractivity contribution in [3.8, 4) is 0 Å². The van der Waals surface area contributed by atoms with Crippen molar-refractivity contribution in [1.82, 2.24) is 19.5 Å². The van der Waals surface area contributed by atoms with Crippen LogP contribution >= 0.6 is 0 Å². The molecular weight excluding hydrogens is 290 g/mol. The van der Waals surface area contributed by atoms with E-state index in [9.17, 15) is 17.2 Å². The molecule has 2 rings (SSSR count). The summed E-state index contributed by atoms with van der Waals surface area (Å²) in [4.78, 5) is 2.97. The van der Waals surface area contributed by atoms with Gasteiger partial charge in [-0.15, -0.1) is 0 Å². The van der Waals surface area contributed by atoms with E-state index >= 15 is 0 Å². The molecule has 1 aromatic heterocycles. The molecule has 0 radical (unpaired) electrons. The van der Waals surface area contributed by atoms with E-state index < -0.39 is 26.6 Å². The molecule has 0 atom stereocenters. The second kappa shape index (κ2) is 5.25. The maximum absolute atomic E-state index is 13.6. The first kappa shape index (κ1) is 14.5. The van der Waals surface area contributed by atoms with Gasteiger partial charge in [-0.05, 0) is 19.1 Å². The fourth-order valence-electron chi connectivity index (χ4n) is 1.63. The van der Waals surface area contributed by atoms with Gasteiger partial charge < -0.3 is 0 Å². The van der Waals surface area contributed by atoms with Gasteiger partial charge in [-0.3, -0.25) is 5.10 Å². The highest BCUT2D eigenvalue weighted by Crippen LogP contribution is 2.22. The molecule has 0 aliphatic rings. The molecule has 1 heterocycles. The van der Waals surface area contributed by atoms with Crippen LogP contribution < -0.4 is 0 Å². The normalized spacial score (nSPS) is 12.1. The summed E-state index contributed by atoms with van der Waals surface area (Å²) in [6.07, 6.45) is 0. The Kier molecular flexibility index (Phi) is 3.82. The average molecular weight is 302 g/mol. The van der Waals surface area contributed by atoms with E-state index in [1.807, 2.05) is 0 Å². The first-order valence-corrected chi connectivity index (χ1v) is 7.04. The van der Waals surface area contributed by atoms with Crippen LogP contribution in [0.3, 0.4) is 0 Å². The van der Waals surface area contributed by atoms with Crippen LogP contribution in [0.15, 0.2) is 23.1 Å². The molecule has 20 heavy (non-hydrogen) atoms. The van der Waals surface area contributed by atoms with Gasteiger partial charge in [0.25, 0.3) is 0 Å². The lowest BCUT2D eigenvalue weighted by Gasteiger charge is -2.16. The van der Waals surface area contributed by atoms with Crippen molar-refractivity contribution in [2.45, 2.75) is 18.4 Å². The van der Waals surface area contributed by atoms with Gasteiger partial charge in [-0.25, -0.2) is 22.2 Å². The summed E-state index contributed by atoms with van der Waals surface area (Å²) in [5, 5.41) is 6.34. The van der Waals surface area contributed by atoms with Crippen LogP contribution in [0.4, 0.5) is 8.78 Å². The smallest absolute Gasteiger partial charge is 0.249 e. The number of aryl methyl sites for hydroxylation is 1. The molecule has 1 aromatic carbocycles. The number of hydrogen-bond donors (Lipinski definition) is 1. The molecule has 0 fully saturated rings. The third kappa shape index (κ3) is 2.68. The molecule has 108 valence electrons. The Morgan fingerprint density at radius 3 is 2.40 bits per heavy atom. The van der Waals surface area contributed by atoms with Crippen LogP contribution in [0.5, 0.6) is 0 Å². The largest absolute Gasteiger partial charge is 0.263 e.